The van der Waals surface area contributed by atoms with Gasteiger partial charge in [0.25, 0.3) is 0 Å². The predicted molar refractivity (Wildman–Crippen MR) is 108 cm³/mol. The number of carbonyl (C=O) groups is 1. The van der Waals surface area contributed by atoms with E-state index in [2.05, 4.69) is 5.32 Å². The molecule has 0 fully saturated rings. The summed E-state index contributed by atoms with van der Waals surface area (Å²) in [5, 5.41) is 2.79. The molecule has 0 radical (unpaired) electrons. The molecule has 2 rings (SSSR count). The summed E-state index contributed by atoms with van der Waals surface area (Å²) >= 11 is 0. The van der Waals surface area contributed by atoms with Crippen LogP contribution in [0, 0.1) is 0 Å². The molecule has 0 atom stereocenters. The maximum absolute atomic E-state index is 12.2. The molecule has 1 amide bonds. The third-order valence-corrected chi connectivity index (χ3v) is 5.07. The standard InChI is InChI=1S/C20H26N2O4S/c1-3-26-19-13-11-18(12-14-19)22(27(2,24)25)16-20(23)21-15-7-10-17-8-5-4-6-9-17/h4-6,8-9,11-14H,3,7,10,15-16H2,1-2H3,(H,21,23). The Bertz CT molecular complexity index is 821. The number of sulfonamides is 1. The van der Waals surface area contributed by atoms with E-state index in [0.717, 1.165) is 23.4 Å². The normalized spacial score (nSPS) is 11.0. The lowest BCUT2D eigenvalue weighted by Gasteiger charge is -2.22. The molecule has 0 heterocycles. The lowest BCUT2D eigenvalue weighted by Crippen LogP contribution is -2.40. The predicted octanol–water partition coefficient (Wildman–Crippen LogP) is 2.60. The minimum absolute atomic E-state index is 0.252. The zero-order valence-electron chi connectivity index (χ0n) is 15.7. The Hall–Kier alpha value is -2.54. The molecule has 0 aliphatic carbocycles. The maximum atomic E-state index is 12.2. The van der Waals surface area contributed by atoms with Gasteiger partial charge >= 0.3 is 0 Å². The van der Waals surface area contributed by atoms with E-state index in [0.29, 0.717) is 24.6 Å². The minimum atomic E-state index is -3.58. The summed E-state index contributed by atoms with van der Waals surface area (Å²) in [6, 6.07) is 16.7. The highest BCUT2D eigenvalue weighted by atomic mass is 32.2. The second-order valence-corrected chi connectivity index (χ2v) is 8.04. The fourth-order valence-electron chi connectivity index (χ4n) is 2.63. The van der Waals surface area contributed by atoms with E-state index in [4.69, 9.17) is 4.74 Å². The van der Waals surface area contributed by atoms with E-state index >= 15 is 0 Å². The Balaban J connectivity index is 1.90. The number of carbonyl (C=O) groups excluding carboxylic acids is 1. The molecule has 146 valence electrons. The third kappa shape index (κ3) is 6.94. The molecule has 0 unspecified atom stereocenters. The van der Waals surface area contributed by atoms with Crippen molar-refractivity contribution in [3.05, 3.63) is 60.2 Å². The first-order valence-electron chi connectivity index (χ1n) is 8.91. The number of ether oxygens (including phenoxy) is 1. The second kappa shape index (κ2) is 9.97. The van der Waals surface area contributed by atoms with Crippen LogP contribution in [-0.2, 0) is 21.2 Å². The van der Waals surface area contributed by atoms with Crippen LogP contribution in [0.25, 0.3) is 0 Å². The van der Waals surface area contributed by atoms with Gasteiger partial charge in [-0.05, 0) is 49.6 Å². The van der Waals surface area contributed by atoms with E-state index in [-0.39, 0.29) is 12.5 Å². The van der Waals surface area contributed by atoms with E-state index < -0.39 is 10.0 Å². The molecule has 7 heteroatoms. The number of rotatable bonds is 10. The smallest absolute Gasteiger partial charge is 0.240 e. The maximum Gasteiger partial charge on any atom is 0.240 e. The lowest BCUT2D eigenvalue weighted by molar-refractivity contribution is -0.119. The van der Waals surface area contributed by atoms with Crippen LogP contribution >= 0.6 is 0 Å². The zero-order chi connectivity index (χ0) is 19.7. The van der Waals surface area contributed by atoms with Crippen LogP contribution in [0.4, 0.5) is 5.69 Å². The average Bonchev–Trinajstić information content (AvgIpc) is 2.64. The van der Waals surface area contributed by atoms with Crippen molar-refractivity contribution in [2.24, 2.45) is 0 Å². The second-order valence-electron chi connectivity index (χ2n) is 6.14. The molecule has 6 nitrogen and oxygen atoms in total. The highest BCUT2D eigenvalue weighted by molar-refractivity contribution is 7.92. The number of hydrogen-bond donors (Lipinski definition) is 1. The first-order valence-corrected chi connectivity index (χ1v) is 10.8. The Morgan fingerprint density at radius 2 is 1.74 bits per heavy atom. The van der Waals surface area contributed by atoms with Crippen molar-refractivity contribution < 1.29 is 17.9 Å². The quantitative estimate of drug-likeness (QED) is 0.633. The highest BCUT2D eigenvalue weighted by Crippen LogP contribution is 2.21. The summed E-state index contributed by atoms with van der Waals surface area (Å²) in [6.07, 6.45) is 2.74. The largest absolute Gasteiger partial charge is 0.494 e. The summed E-state index contributed by atoms with van der Waals surface area (Å²) in [4.78, 5) is 12.2. The summed E-state index contributed by atoms with van der Waals surface area (Å²) < 4.78 is 30.7. The van der Waals surface area contributed by atoms with Gasteiger partial charge in [0, 0.05) is 6.54 Å². The molecule has 2 aromatic carbocycles. The van der Waals surface area contributed by atoms with Crippen LogP contribution in [0.3, 0.4) is 0 Å². The minimum Gasteiger partial charge on any atom is -0.494 e. The van der Waals surface area contributed by atoms with Gasteiger partial charge in [-0.1, -0.05) is 30.3 Å². The van der Waals surface area contributed by atoms with Gasteiger partial charge < -0.3 is 10.1 Å². The van der Waals surface area contributed by atoms with Gasteiger partial charge in [-0.2, -0.15) is 0 Å². The van der Waals surface area contributed by atoms with Crippen molar-refractivity contribution in [1.29, 1.82) is 0 Å². The average molecular weight is 391 g/mol. The van der Waals surface area contributed by atoms with E-state index in [1.165, 1.54) is 5.56 Å². The van der Waals surface area contributed by atoms with Crippen LogP contribution in [0.15, 0.2) is 54.6 Å². The van der Waals surface area contributed by atoms with Crippen molar-refractivity contribution in [2.75, 3.05) is 30.3 Å². The van der Waals surface area contributed by atoms with Gasteiger partial charge in [0.05, 0.1) is 18.6 Å². The van der Waals surface area contributed by atoms with Gasteiger partial charge in [0.15, 0.2) is 0 Å². The van der Waals surface area contributed by atoms with Gasteiger partial charge in [-0.3, -0.25) is 9.10 Å². The molecule has 0 saturated heterocycles. The molecule has 0 spiro atoms. The Labute approximate surface area is 161 Å². The highest BCUT2D eigenvalue weighted by Gasteiger charge is 2.20. The summed E-state index contributed by atoms with van der Waals surface area (Å²) in [5.41, 5.74) is 1.64. The fourth-order valence-corrected chi connectivity index (χ4v) is 3.48. The number of amides is 1. The molecular formula is C20H26N2O4S. The number of nitrogens with zero attached hydrogens (tertiary/aromatic N) is 1. The van der Waals surface area contributed by atoms with Crippen molar-refractivity contribution >= 4 is 21.6 Å². The Morgan fingerprint density at radius 3 is 2.33 bits per heavy atom. The third-order valence-electron chi connectivity index (χ3n) is 3.93. The molecule has 0 aliphatic heterocycles. The summed E-state index contributed by atoms with van der Waals surface area (Å²) in [5.74, 6) is 0.322. The van der Waals surface area contributed by atoms with Gasteiger partial charge in [0.2, 0.25) is 15.9 Å². The van der Waals surface area contributed by atoms with Gasteiger partial charge in [0.1, 0.15) is 12.3 Å². The molecule has 0 saturated carbocycles. The zero-order valence-corrected chi connectivity index (χ0v) is 16.5. The Kier molecular flexibility index (Phi) is 7.67. The van der Waals surface area contributed by atoms with Gasteiger partial charge in [-0.25, -0.2) is 8.42 Å². The van der Waals surface area contributed by atoms with Crippen LogP contribution in [0.2, 0.25) is 0 Å². The number of hydrogen-bond acceptors (Lipinski definition) is 4. The van der Waals surface area contributed by atoms with Crippen molar-refractivity contribution in [3.63, 3.8) is 0 Å². The van der Waals surface area contributed by atoms with Crippen LogP contribution < -0.4 is 14.4 Å². The SMILES string of the molecule is CCOc1ccc(N(CC(=O)NCCCc2ccccc2)S(C)(=O)=O)cc1. The lowest BCUT2D eigenvalue weighted by atomic mass is 10.1. The number of benzene rings is 2. The molecule has 27 heavy (non-hydrogen) atoms. The Morgan fingerprint density at radius 1 is 1.07 bits per heavy atom. The molecule has 0 aromatic heterocycles. The summed E-state index contributed by atoms with van der Waals surface area (Å²) in [7, 11) is -3.58. The number of anilines is 1. The van der Waals surface area contributed by atoms with Crippen molar-refractivity contribution in [1.82, 2.24) is 5.32 Å². The van der Waals surface area contributed by atoms with Crippen LogP contribution in [0.5, 0.6) is 5.75 Å². The van der Waals surface area contributed by atoms with Crippen molar-refractivity contribution in [3.8, 4) is 5.75 Å². The van der Waals surface area contributed by atoms with Crippen LogP contribution in [-0.4, -0.2) is 40.3 Å². The molecule has 1 N–H and O–H groups in total. The first-order chi connectivity index (χ1) is 12.9. The van der Waals surface area contributed by atoms with E-state index in [1.54, 1.807) is 24.3 Å². The monoisotopic (exact) mass is 390 g/mol. The van der Waals surface area contributed by atoms with Crippen LogP contribution in [0.1, 0.15) is 18.9 Å². The van der Waals surface area contributed by atoms with E-state index in [1.807, 2.05) is 37.3 Å². The molecule has 0 bridgehead atoms. The molecule has 0 aliphatic rings. The number of aryl methyl sites for hydroxylation is 1. The van der Waals surface area contributed by atoms with Crippen molar-refractivity contribution in [2.45, 2.75) is 19.8 Å². The number of nitrogens with one attached hydrogen (secondary N) is 1. The van der Waals surface area contributed by atoms with Gasteiger partial charge in [-0.15, -0.1) is 0 Å². The topological polar surface area (TPSA) is 75.7 Å². The first kappa shape index (κ1) is 20.8. The fraction of sp³-hybridized carbons (Fsp3) is 0.350. The summed E-state index contributed by atoms with van der Waals surface area (Å²) in [6.45, 7) is 2.64. The van der Waals surface area contributed by atoms with E-state index in [9.17, 15) is 13.2 Å². The molecular weight excluding hydrogens is 364 g/mol. The molecule has 2 aromatic rings.